The topological polar surface area (TPSA) is 29.5 Å². The second kappa shape index (κ2) is 5.35. The van der Waals surface area contributed by atoms with Gasteiger partial charge in [0.05, 0.1) is 19.1 Å². The standard InChI is InChI=1S/C11H12F4O2/c1-7(16)9-6-8(12)2-3-10(9)17-5-4-11(13,14)15/h2-3,6-7,16H,4-5H2,1H3/t7-/m1/s1. The largest absolute Gasteiger partial charge is 0.493 e. The van der Waals surface area contributed by atoms with Crippen LogP contribution in [0.25, 0.3) is 0 Å². The van der Waals surface area contributed by atoms with Crippen molar-refractivity contribution in [2.24, 2.45) is 0 Å². The smallest absolute Gasteiger partial charge is 0.392 e. The van der Waals surface area contributed by atoms with E-state index in [0.29, 0.717) is 0 Å². The van der Waals surface area contributed by atoms with Crippen LogP contribution in [0.15, 0.2) is 18.2 Å². The highest BCUT2D eigenvalue weighted by molar-refractivity contribution is 5.35. The third-order valence-electron chi connectivity index (χ3n) is 2.07. The number of alkyl halides is 3. The summed E-state index contributed by atoms with van der Waals surface area (Å²) < 4.78 is 53.4. The lowest BCUT2D eigenvalue weighted by atomic mass is 10.1. The van der Waals surface area contributed by atoms with E-state index in [9.17, 15) is 22.7 Å². The molecule has 0 aliphatic heterocycles. The molecule has 0 aliphatic rings. The highest BCUT2D eigenvalue weighted by atomic mass is 19.4. The predicted molar refractivity (Wildman–Crippen MR) is 53.2 cm³/mol. The second-order valence-electron chi connectivity index (χ2n) is 3.57. The molecule has 0 bridgehead atoms. The van der Waals surface area contributed by atoms with Crippen molar-refractivity contribution < 1.29 is 27.4 Å². The molecule has 0 aliphatic carbocycles. The van der Waals surface area contributed by atoms with Gasteiger partial charge in [0.25, 0.3) is 0 Å². The van der Waals surface area contributed by atoms with Gasteiger partial charge in [-0.15, -0.1) is 0 Å². The molecular weight excluding hydrogens is 240 g/mol. The minimum absolute atomic E-state index is 0.0608. The lowest BCUT2D eigenvalue weighted by molar-refractivity contribution is -0.139. The minimum atomic E-state index is -4.30. The molecular formula is C11H12F4O2. The van der Waals surface area contributed by atoms with Gasteiger partial charge in [-0.25, -0.2) is 4.39 Å². The summed E-state index contributed by atoms with van der Waals surface area (Å²) >= 11 is 0. The Morgan fingerprint density at radius 1 is 1.35 bits per heavy atom. The zero-order valence-electron chi connectivity index (χ0n) is 9.09. The number of hydrogen-bond donors (Lipinski definition) is 1. The number of rotatable bonds is 4. The normalized spacial score (nSPS) is 13.5. The first-order valence-electron chi connectivity index (χ1n) is 4.96. The van der Waals surface area contributed by atoms with E-state index in [2.05, 4.69) is 0 Å². The van der Waals surface area contributed by atoms with Gasteiger partial charge in [-0.2, -0.15) is 13.2 Å². The lowest BCUT2D eigenvalue weighted by Gasteiger charge is -2.14. The summed E-state index contributed by atoms with van der Waals surface area (Å²) in [5, 5.41) is 9.32. The summed E-state index contributed by atoms with van der Waals surface area (Å²) in [5.41, 5.74) is 0.132. The zero-order chi connectivity index (χ0) is 13.1. The molecule has 2 nitrogen and oxygen atoms in total. The monoisotopic (exact) mass is 252 g/mol. The molecule has 0 fully saturated rings. The molecule has 0 amide bonds. The van der Waals surface area contributed by atoms with Gasteiger partial charge in [-0.1, -0.05) is 0 Å². The van der Waals surface area contributed by atoms with E-state index in [-0.39, 0.29) is 11.3 Å². The van der Waals surface area contributed by atoms with Gasteiger partial charge in [0.1, 0.15) is 11.6 Å². The molecule has 1 rings (SSSR count). The molecule has 96 valence electrons. The van der Waals surface area contributed by atoms with E-state index in [4.69, 9.17) is 4.74 Å². The fraction of sp³-hybridized carbons (Fsp3) is 0.455. The van der Waals surface area contributed by atoms with Crippen LogP contribution in [0.3, 0.4) is 0 Å². The van der Waals surface area contributed by atoms with Crippen molar-refractivity contribution in [3.05, 3.63) is 29.6 Å². The van der Waals surface area contributed by atoms with Crippen LogP contribution in [0.4, 0.5) is 17.6 Å². The summed E-state index contributed by atoms with van der Waals surface area (Å²) in [6.45, 7) is 0.820. The number of halogens is 4. The molecule has 1 aromatic carbocycles. The molecule has 0 saturated carbocycles. The summed E-state index contributed by atoms with van der Waals surface area (Å²) in [4.78, 5) is 0. The van der Waals surface area contributed by atoms with E-state index in [1.54, 1.807) is 0 Å². The Labute approximate surface area is 95.8 Å². The average molecular weight is 252 g/mol. The zero-order valence-corrected chi connectivity index (χ0v) is 9.09. The fourth-order valence-corrected chi connectivity index (χ4v) is 1.25. The summed E-state index contributed by atoms with van der Waals surface area (Å²) in [6.07, 6.45) is -6.40. The van der Waals surface area contributed by atoms with Crippen LogP contribution in [-0.4, -0.2) is 17.9 Å². The van der Waals surface area contributed by atoms with E-state index < -0.39 is 31.1 Å². The molecule has 6 heteroatoms. The molecule has 1 N–H and O–H groups in total. The minimum Gasteiger partial charge on any atom is -0.493 e. The summed E-state index contributed by atoms with van der Waals surface area (Å²) in [5.74, 6) is -0.519. The molecule has 0 unspecified atom stereocenters. The maximum atomic E-state index is 12.9. The number of hydrogen-bond acceptors (Lipinski definition) is 2. The fourth-order valence-electron chi connectivity index (χ4n) is 1.25. The van der Waals surface area contributed by atoms with E-state index in [1.165, 1.54) is 13.0 Å². The van der Waals surface area contributed by atoms with Crippen molar-refractivity contribution in [2.45, 2.75) is 25.6 Å². The molecule has 0 radical (unpaired) electrons. The SMILES string of the molecule is C[C@@H](O)c1cc(F)ccc1OCCC(F)(F)F. The molecule has 0 heterocycles. The quantitative estimate of drug-likeness (QED) is 0.834. The number of benzene rings is 1. The Balaban J connectivity index is 2.70. The third-order valence-corrected chi connectivity index (χ3v) is 2.07. The van der Waals surface area contributed by atoms with E-state index in [1.807, 2.05) is 0 Å². The molecule has 0 spiro atoms. The van der Waals surface area contributed by atoms with Gasteiger partial charge >= 0.3 is 6.18 Å². The number of ether oxygens (including phenoxy) is 1. The Morgan fingerprint density at radius 3 is 2.53 bits per heavy atom. The highest BCUT2D eigenvalue weighted by Crippen LogP contribution is 2.27. The lowest BCUT2D eigenvalue weighted by Crippen LogP contribution is -2.13. The first-order chi connectivity index (χ1) is 7.79. The van der Waals surface area contributed by atoms with E-state index >= 15 is 0 Å². The van der Waals surface area contributed by atoms with Gasteiger partial charge in [-0.3, -0.25) is 0 Å². The van der Waals surface area contributed by atoms with Crippen molar-refractivity contribution in [1.82, 2.24) is 0 Å². The first-order valence-corrected chi connectivity index (χ1v) is 4.96. The van der Waals surface area contributed by atoms with Crippen LogP contribution < -0.4 is 4.74 Å². The maximum absolute atomic E-state index is 12.9. The van der Waals surface area contributed by atoms with Crippen LogP contribution in [0, 0.1) is 5.82 Å². The van der Waals surface area contributed by atoms with Crippen molar-refractivity contribution in [2.75, 3.05) is 6.61 Å². The molecule has 17 heavy (non-hydrogen) atoms. The van der Waals surface area contributed by atoms with Crippen LogP contribution in [0.5, 0.6) is 5.75 Å². The molecule has 0 saturated heterocycles. The van der Waals surface area contributed by atoms with Crippen molar-refractivity contribution >= 4 is 0 Å². The molecule has 1 aromatic rings. The summed E-state index contributed by atoms with van der Waals surface area (Å²) in [7, 11) is 0. The average Bonchev–Trinajstić information content (AvgIpc) is 2.18. The Bertz CT molecular complexity index is 374. The molecule has 0 aromatic heterocycles. The number of aliphatic hydroxyl groups is 1. The van der Waals surface area contributed by atoms with Crippen LogP contribution >= 0.6 is 0 Å². The Hall–Kier alpha value is -1.30. The Morgan fingerprint density at radius 2 is 2.00 bits per heavy atom. The van der Waals surface area contributed by atoms with Crippen molar-refractivity contribution in [3.63, 3.8) is 0 Å². The molecule has 1 atom stereocenters. The summed E-state index contributed by atoms with van der Waals surface area (Å²) in [6, 6.07) is 3.30. The van der Waals surface area contributed by atoms with Gasteiger partial charge in [-0.05, 0) is 25.1 Å². The maximum Gasteiger partial charge on any atom is 0.392 e. The van der Waals surface area contributed by atoms with Crippen LogP contribution in [0.2, 0.25) is 0 Å². The number of aliphatic hydroxyl groups excluding tert-OH is 1. The second-order valence-corrected chi connectivity index (χ2v) is 3.57. The predicted octanol–water partition coefficient (Wildman–Crippen LogP) is 3.21. The van der Waals surface area contributed by atoms with Crippen LogP contribution in [0.1, 0.15) is 25.0 Å². The van der Waals surface area contributed by atoms with E-state index in [0.717, 1.165) is 12.1 Å². The van der Waals surface area contributed by atoms with Gasteiger partial charge < -0.3 is 9.84 Å². The highest BCUT2D eigenvalue weighted by Gasteiger charge is 2.27. The van der Waals surface area contributed by atoms with Crippen LogP contribution in [-0.2, 0) is 0 Å². The van der Waals surface area contributed by atoms with Crippen molar-refractivity contribution in [3.8, 4) is 5.75 Å². The third kappa shape index (κ3) is 4.60. The van der Waals surface area contributed by atoms with Gasteiger partial charge in [0.2, 0.25) is 0 Å². The van der Waals surface area contributed by atoms with Gasteiger partial charge in [0, 0.05) is 5.56 Å². The van der Waals surface area contributed by atoms with Crippen molar-refractivity contribution in [1.29, 1.82) is 0 Å². The Kier molecular flexibility index (Phi) is 4.34. The first kappa shape index (κ1) is 13.8. The van der Waals surface area contributed by atoms with Gasteiger partial charge in [0.15, 0.2) is 0 Å².